The Balaban J connectivity index is 0.00000337. The van der Waals surface area contributed by atoms with Gasteiger partial charge in [-0.25, -0.2) is 9.13 Å². The van der Waals surface area contributed by atoms with Gasteiger partial charge in [0.2, 0.25) is 12.7 Å². The van der Waals surface area contributed by atoms with E-state index in [1.54, 1.807) is 45.4 Å². The maximum atomic E-state index is 5.60. The zero-order valence-corrected chi connectivity index (χ0v) is 27.6. The van der Waals surface area contributed by atoms with Crippen LogP contribution < -0.4 is 28.4 Å². The number of rotatable bonds is 13. The summed E-state index contributed by atoms with van der Waals surface area (Å²) in [5.41, 5.74) is 3.43. The lowest BCUT2D eigenvalue weighted by atomic mass is 10.2. The number of aromatic nitrogens is 6. The van der Waals surface area contributed by atoms with E-state index in [0.29, 0.717) is 34.8 Å². The van der Waals surface area contributed by atoms with Crippen LogP contribution in [-0.2, 0) is 28.2 Å². The lowest BCUT2D eigenvalue weighted by Gasteiger charge is -2.23. The molecule has 0 aliphatic heterocycles. The summed E-state index contributed by atoms with van der Waals surface area (Å²) in [6.45, 7) is 1.80. The summed E-state index contributed by atoms with van der Waals surface area (Å²) in [7, 11) is 14.9. The van der Waals surface area contributed by atoms with E-state index in [0.717, 1.165) is 37.3 Å². The monoisotopic (exact) mass is 606 g/mol. The quantitative estimate of drug-likeness (QED) is 0.0925. The molecule has 0 saturated heterocycles. The van der Waals surface area contributed by atoms with Crippen LogP contribution in [0.4, 0.5) is 34.6 Å². The summed E-state index contributed by atoms with van der Waals surface area (Å²) in [6, 6.07) is 11.9. The van der Waals surface area contributed by atoms with Gasteiger partial charge in [-0.3, -0.25) is 0 Å². The molecule has 0 aliphatic carbocycles. The summed E-state index contributed by atoms with van der Waals surface area (Å²) in [5, 5.41) is 25.8. The van der Waals surface area contributed by atoms with Gasteiger partial charge in [0.05, 0.1) is 42.4 Å². The molecule has 14 nitrogen and oxygen atoms in total. The second-order valence-electron chi connectivity index (χ2n) is 9.99. The van der Waals surface area contributed by atoms with Crippen LogP contribution in [0.2, 0.25) is 0 Å². The lowest BCUT2D eigenvalue weighted by Crippen LogP contribution is -2.25. The van der Waals surface area contributed by atoms with E-state index in [1.165, 1.54) is 0 Å². The first kappa shape index (κ1) is 35.3. The molecule has 4 aromatic rings. The molecule has 2 heterocycles. The molecule has 2 aromatic heterocycles. The summed E-state index contributed by atoms with van der Waals surface area (Å²) in [4.78, 5) is 4.44. The SMILES string of the molecule is COc1cc(N(C)CCCCN(C)c2ccc(N=Nc3n(C)nc[n+]3C)c(OC)c2)ccc1N=Nc1n(C)nc[n+]1C.[CH3-].[CH3-]. The number of azo groups is 2. The highest BCUT2D eigenvalue weighted by molar-refractivity contribution is 5.62. The van der Waals surface area contributed by atoms with Gasteiger partial charge < -0.3 is 34.1 Å². The van der Waals surface area contributed by atoms with Crippen LogP contribution in [-0.4, -0.2) is 61.0 Å². The Morgan fingerprint density at radius 1 is 0.682 bits per heavy atom. The van der Waals surface area contributed by atoms with Crippen LogP contribution in [0, 0.1) is 14.9 Å². The molecule has 0 fully saturated rings. The smallest absolute Gasteiger partial charge is 0.403 e. The van der Waals surface area contributed by atoms with Crippen molar-refractivity contribution in [3.63, 3.8) is 0 Å². The van der Waals surface area contributed by atoms with E-state index in [1.807, 2.05) is 64.6 Å². The minimum absolute atomic E-state index is 0. The summed E-state index contributed by atoms with van der Waals surface area (Å²) in [5.74, 6) is 2.61. The van der Waals surface area contributed by atoms with E-state index < -0.39 is 0 Å². The molecular formula is C30H46N12O2. The first-order valence-corrected chi connectivity index (χ1v) is 13.6. The van der Waals surface area contributed by atoms with Gasteiger partial charge >= 0.3 is 11.9 Å². The van der Waals surface area contributed by atoms with E-state index in [4.69, 9.17) is 9.47 Å². The Hall–Kier alpha value is -4.88. The van der Waals surface area contributed by atoms with Crippen molar-refractivity contribution in [2.75, 3.05) is 51.2 Å². The molecule has 0 spiro atoms. The number of hydrogen-bond acceptors (Lipinski definition) is 10. The van der Waals surface area contributed by atoms with Gasteiger partial charge in [-0.15, -0.1) is 9.36 Å². The number of aryl methyl sites for hydroxylation is 4. The predicted molar refractivity (Wildman–Crippen MR) is 172 cm³/mol. The van der Waals surface area contributed by atoms with Gasteiger partial charge in [-0.05, 0) is 47.3 Å². The third kappa shape index (κ3) is 8.36. The fourth-order valence-electron chi connectivity index (χ4n) is 4.37. The molecule has 0 aliphatic rings. The van der Waals surface area contributed by atoms with E-state index in [9.17, 15) is 0 Å². The van der Waals surface area contributed by atoms with Gasteiger partial charge in [-0.2, -0.15) is 0 Å². The van der Waals surface area contributed by atoms with Gasteiger partial charge in [0, 0.05) is 60.9 Å². The Bertz CT molecular complexity index is 1400. The molecule has 0 bridgehead atoms. The van der Waals surface area contributed by atoms with Crippen molar-refractivity contribution in [3.8, 4) is 11.5 Å². The highest BCUT2D eigenvalue weighted by Crippen LogP contribution is 2.34. The van der Waals surface area contributed by atoms with Crippen LogP contribution in [0.25, 0.3) is 0 Å². The van der Waals surface area contributed by atoms with Crippen molar-refractivity contribution in [1.29, 1.82) is 0 Å². The Morgan fingerprint density at radius 3 is 1.39 bits per heavy atom. The molecular weight excluding hydrogens is 560 g/mol. The number of hydrogen-bond donors (Lipinski definition) is 0. The predicted octanol–water partition coefficient (Wildman–Crippen LogP) is 4.90. The van der Waals surface area contributed by atoms with Crippen LogP contribution in [0.1, 0.15) is 12.8 Å². The van der Waals surface area contributed by atoms with Crippen molar-refractivity contribution in [2.45, 2.75) is 12.8 Å². The first-order chi connectivity index (χ1) is 20.2. The normalized spacial score (nSPS) is 11.0. The fraction of sp³-hybridized carbons (Fsp3) is 0.400. The first-order valence-electron chi connectivity index (χ1n) is 13.6. The molecule has 2 aromatic carbocycles. The van der Waals surface area contributed by atoms with Crippen LogP contribution >= 0.6 is 0 Å². The number of benzene rings is 2. The minimum atomic E-state index is 0. The molecule has 0 amide bonds. The maximum Gasteiger partial charge on any atom is 0.403 e. The van der Waals surface area contributed by atoms with Gasteiger partial charge in [-0.1, -0.05) is 10.2 Å². The number of unbranched alkanes of at least 4 members (excludes halogenated alkanes) is 1. The summed E-state index contributed by atoms with van der Waals surface area (Å²) < 4.78 is 18.1. The van der Waals surface area contributed by atoms with Crippen molar-refractivity contribution in [1.82, 2.24) is 19.6 Å². The molecule has 44 heavy (non-hydrogen) atoms. The van der Waals surface area contributed by atoms with Gasteiger partial charge in [0.25, 0.3) is 0 Å². The van der Waals surface area contributed by atoms with Gasteiger partial charge in [0.15, 0.2) is 0 Å². The number of anilines is 2. The molecule has 0 unspecified atom stereocenters. The second kappa shape index (κ2) is 16.1. The Kier molecular flexibility index (Phi) is 12.9. The minimum Gasteiger partial charge on any atom is -0.494 e. The molecule has 0 N–H and O–H groups in total. The van der Waals surface area contributed by atoms with Gasteiger partial charge in [0.1, 0.15) is 22.9 Å². The highest BCUT2D eigenvalue weighted by atomic mass is 16.5. The third-order valence-corrected chi connectivity index (χ3v) is 6.95. The molecule has 0 radical (unpaired) electrons. The van der Waals surface area contributed by atoms with Crippen molar-refractivity contribution < 1.29 is 18.6 Å². The number of ether oxygens (including phenoxy) is 2. The van der Waals surface area contributed by atoms with Crippen LogP contribution in [0.3, 0.4) is 0 Å². The van der Waals surface area contributed by atoms with Crippen molar-refractivity contribution >= 4 is 34.6 Å². The van der Waals surface area contributed by atoms with Crippen LogP contribution in [0.15, 0.2) is 69.5 Å². The second-order valence-corrected chi connectivity index (χ2v) is 9.99. The number of nitrogens with zero attached hydrogens (tertiary/aromatic N) is 12. The van der Waals surface area contributed by atoms with Crippen LogP contribution in [0.5, 0.6) is 11.5 Å². The summed E-state index contributed by atoms with van der Waals surface area (Å²) in [6.07, 6.45) is 5.42. The topological polar surface area (TPSA) is 118 Å². The highest BCUT2D eigenvalue weighted by Gasteiger charge is 2.15. The maximum absolute atomic E-state index is 5.60. The average Bonchev–Trinajstić information content (AvgIpc) is 3.50. The number of methoxy groups -OCH3 is 2. The lowest BCUT2D eigenvalue weighted by molar-refractivity contribution is -0.659. The third-order valence-electron chi connectivity index (χ3n) is 6.95. The molecule has 4 rings (SSSR count). The molecule has 238 valence electrons. The Morgan fingerprint density at radius 2 is 1.07 bits per heavy atom. The summed E-state index contributed by atoms with van der Waals surface area (Å²) >= 11 is 0. The largest absolute Gasteiger partial charge is 0.494 e. The van der Waals surface area contributed by atoms with E-state index in [2.05, 4.69) is 54.5 Å². The van der Waals surface area contributed by atoms with E-state index >= 15 is 0 Å². The van der Waals surface area contributed by atoms with Crippen molar-refractivity contribution in [3.05, 3.63) is 63.9 Å². The van der Waals surface area contributed by atoms with E-state index in [-0.39, 0.29) is 14.9 Å². The fourth-order valence-corrected chi connectivity index (χ4v) is 4.37. The van der Waals surface area contributed by atoms with Crippen molar-refractivity contribution in [2.24, 2.45) is 48.6 Å². The molecule has 0 atom stereocenters. The molecule has 14 heteroatoms. The zero-order valence-electron chi connectivity index (χ0n) is 27.6. The standard InChI is InChI=1S/C28H40N12O2.2CH3/c1-35(21-11-13-23(25(17-21)41-7)31-33-27-37(3)19-29-39(27)5)15-9-10-16-36(2)22-12-14-24(26(18-22)42-8)32-34-28-38(4)20-30-40(28)6;;/h11-14,17-20H,9-10,15-16H2,1-8H3;2*1H3/q+2;2*-1. The average molecular weight is 607 g/mol. The Labute approximate surface area is 260 Å². The zero-order chi connectivity index (χ0) is 30.2. The molecule has 0 saturated carbocycles.